The maximum Gasteiger partial charge on any atom is 0.329 e. The first-order valence-corrected chi connectivity index (χ1v) is 6.71. The molecule has 1 aliphatic rings. The molecule has 9 heteroatoms. The molecule has 0 amide bonds. The summed E-state index contributed by atoms with van der Waals surface area (Å²) in [5.74, 6) is 0. The van der Waals surface area contributed by atoms with E-state index in [9.17, 15) is 19.7 Å². The molecule has 1 aromatic heterocycles. The minimum atomic E-state index is -0.559. The first-order valence-electron chi connectivity index (χ1n) is 6.71. The minimum absolute atomic E-state index is 0. The molecule has 0 radical (unpaired) electrons. The van der Waals surface area contributed by atoms with E-state index in [-0.39, 0.29) is 34.1 Å². The molecule has 3 rings (SSSR count). The van der Waals surface area contributed by atoms with Crippen LogP contribution < -0.4 is 16.6 Å². The molecular formula is C13H15BrN4O4. The lowest BCUT2D eigenvalue weighted by Crippen LogP contribution is -2.43. The molecule has 2 N–H and O–H groups in total. The fourth-order valence-electron chi connectivity index (χ4n) is 2.71. The third kappa shape index (κ3) is 2.81. The van der Waals surface area contributed by atoms with Crippen molar-refractivity contribution in [1.29, 1.82) is 0 Å². The number of H-pyrrole nitrogens is 1. The van der Waals surface area contributed by atoms with Gasteiger partial charge in [0.2, 0.25) is 0 Å². The topological polar surface area (TPSA) is 110 Å². The lowest BCUT2D eigenvalue weighted by Gasteiger charge is -2.24. The zero-order chi connectivity index (χ0) is 15.0. The van der Waals surface area contributed by atoms with Crippen LogP contribution in [0, 0.1) is 10.1 Å². The van der Waals surface area contributed by atoms with Crippen molar-refractivity contribution in [3.63, 3.8) is 0 Å². The van der Waals surface area contributed by atoms with Crippen LogP contribution in [0.15, 0.2) is 27.8 Å². The highest BCUT2D eigenvalue weighted by molar-refractivity contribution is 8.93. The number of nitro groups is 1. The number of hydrogen-bond donors (Lipinski definition) is 2. The summed E-state index contributed by atoms with van der Waals surface area (Å²) in [5, 5.41) is 14.1. The number of nitrogens with zero attached hydrogens (tertiary/aromatic N) is 2. The highest BCUT2D eigenvalue weighted by atomic mass is 79.9. The van der Waals surface area contributed by atoms with Crippen LogP contribution in [0.2, 0.25) is 0 Å². The van der Waals surface area contributed by atoms with E-state index in [2.05, 4.69) is 10.3 Å². The number of aromatic amines is 1. The highest BCUT2D eigenvalue weighted by Gasteiger charge is 2.20. The molecule has 1 aliphatic heterocycles. The summed E-state index contributed by atoms with van der Waals surface area (Å²) in [6, 6.07) is 3.64. The second-order valence-corrected chi connectivity index (χ2v) is 5.09. The zero-order valence-electron chi connectivity index (χ0n) is 11.6. The number of hydrogen-bond acceptors (Lipinski definition) is 5. The third-order valence-electron chi connectivity index (χ3n) is 3.76. The number of nitro benzene ring substituents is 1. The van der Waals surface area contributed by atoms with Gasteiger partial charge >= 0.3 is 5.69 Å². The van der Waals surface area contributed by atoms with Crippen molar-refractivity contribution in [2.45, 2.75) is 18.9 Å². The summed E-state index contributed by atoms with van der Waals surface area (Å²) < 4.78 is 1.16. The van der Waals surface area contributed by atoms with E-state index in [1.807, 2.05) is 0 Å². The Hall–Kier alpha value is -2.00. The molecule has 22 heavy (non-hydrogen) atoms. The molecule has 0 aliphatic carbocycles. The lowest BCUT2D eigenvalue weighted by atomic mass is 10.1. The lowest BCUT2D eigenvalue weighted by molar-refractivity contribution is -0.384. The van der Waals surface area contributed by atoms with E-state index in [4.69, 9.17) is 0 Å². The van der Waals surface area contributed by atoms with Crippen LogP contribution in [0.1, 0.15) is 18.9 Å². The van der Waals surface area contributed by atoms with E-state index in [1.54, 1.807) is 0 Å². The fourth-order valence-corrected chi connectivity index (χ4v) is 2.71. The Balaban J connectivity index is 0.00000176. The van der Waals surface area contributed by atoms with Gasteiger partial charge in [0.05, 0.1) is 21.9 Å². The number of halogens is 1. The quantitative estimate of drug-likeness (QED) is 0.607. The molecule has 1 unspecified atom stereocenters. The van der Waals surface area contributed by atoms with Crippen LogP contribution in [0.5, 0.6) is 0 Å². The van der Waals surface area contributed by atoms with Gasteiger partial charge in [-0.15, -0.1) is 17.0 Å². The predicted molar refractivity (Wildman–Crippen MR) is 86.9 cm³/mol. The number of aromatic nitrogens is 2. The second-order valence-electron chi connectivity index (χ2n) is 5.09. The molecule has 118 valence electrons. The Morgan fingerprint density at radius 3 is 2.73 bits per heavy atom. The molecule has 0 saturated carbocycles. The van der Waals surface area contributed by atoms with Crippen LogP contribution in [0.4, 0.5) is 5.69 Å². The van der Waals surface area contributed by atoms with Gasteiger partial charge in [-0.3, -0.25) is 19.5 Å². The normalized spacial score (nSPS) is 17.9. The summed E-state index contributed by atoms with van der Waals surface area (Å²) in [7, 11) is 0. The van der Waals surface area contributed by atoms with Crippen molar-refractivity contribution in [3.05, 3.63) is 49.2 Å². The molecule has 1 fully saturated rings. The summed E-state index contributed by atoms with van der Waals surface area (Å²) in [5.41, 5.74) is -0.809. The molecular weight excluding hydrogens is 356 g/mol. The van der Waals surface area contributed by atoms with E-state index in [0.29, 0.717) is 12.1 Å². The van der Waals surface area contributed by atoms with Crippen molar-refractivity contribution in [3.8, 4) is 0 Å². The summed E-state index contributed by atoms with van der Waals surface area (Å²) in [4.78, 5) is 37.5. The SMILES string of the molecule is Br.O=c1[nH]c2ccc([N+](=O)[O-])cc2c(=O)n1C1CCCNC1. The highest BCUT2D eigenvalue weighted by Crippen LogP contribution is 2.17. The number of rotatable bonds is 2. The molecule has 1 aromatic carbocycles. The van der Waals surface area contributed by atoms with Crippen molar-refractivity contribution in [2.24, 2.45) is 0 Å². The van der Waals surface area contributed by atoms with Crippen LogP contribution in [0.25, 0.3) is 10.9 Å². The molecule has 0 bridgehead atoms. The van der Waals surface area contributed by atoms with Gasteiger partial charge in [0.15, 0.2) is 0 Å². The average molecular weight is 371 g/mol. The minimum Gasteiger partial charge on any atom is -0.315 e. The molecule has 1 saturated heterocycles. The van der Waals surface area contributed by atoms with E-state index in [1.165, 1.54) is 18.2 Å². The maximum atomic E-state index is 12.5. The van der Waals surface area contributed by atoms with Gasteiger partial charge in [0.25, 0.3) is 11.2 Å². The van der Waals surface area contributed by atoms with Gasteiger partial charge in [-0.1, -0.05) is 0 Å². The first kappa shape index (κ1) is 16.4. The number of fused-ring (bicyclic) bond motifs is 1. The zero-order valence-corrected chi connectivity index (χ0v) is 13.3. The van der Waals surface area contributed by atoms with Crippen molar-refractivity contribution in [2.75, 3.05) is 13.1 Å². The van der Waals surface area contributed by atoms with Gasteiger partial charge in [-0.2, -0.15) is 0 Å². The summed E-state index contributed by atoms with van der Waals surface area (Å²) >= 11 is 0. The van der Waals surface area contributed by atoms with Crippen LogP contribution >= 0.6 is 17.0 Å². The average Bonchev–Trinajstić information content (AvgIpc) is 2.48. The third-order valence-corrected chi connectivity index (χ3v) is 3.76. The van der Waals surface area contributed by atoms with Gasteiger partial charge in [0, 0.05) is 18.7 Å². The van der Waals surface area contributed by atoms with Gasteiger partial charge in [-0.05, 0) is 25.5 Å². The van der Waals surface area contributed by atoms with Crippen LogP contribution in [-0.4, -0.2) is 27.6 Å². The summed E-state index contributed by atoms with van der Waals surface area (Å²) in [6.45, 7) is 1.41. The smallest absolute Gasteiger partial charge is 0.315 e. The standard InChI is InChI=1S/C13H14N4O4.BrH/c18-12-10-6-8(17(20)21)3-4-11(10)15-13(19)16(12)9-2-1-5-14-7-9;/h3-4,6,9,14H,1-2,5,7H2,(H,15,19);1H. The van der Waals surface area contributed by atoms with Crippen molar-refractivity contribution >= 4 is 33.6 Å². The molecule has 2 aromatic rings. The van der Waals surface area contributed by atoms with Crippen molar-refractivity contribution < 1.29 is 4.92 Å². The van der Waals surface area contributed by atoms with Crippen LogP contribution in [-0.2, 0) is 0 Å². The number of nitrogens with one attached hydrogen (secondary N) is 2. The van der Waals surface area contributed by atoms with E-state index < -0.39 is 16.2 Å². The van der Waals surface area contributed by atoms with Gasteiger partial charge in [-0.25, -0.2) is 4.79 Å². The fraction of sp³-hybridized carbons (Fsp3) is 0.385. The Labute approximate surface area is 135 Å². The molecule has 1 atom stereocenters. The van der Waals surface area contributed by atoms with Gasteiger partial charge < -0.3 is 10.3 Å². The first-order chi connectivity index (χ1) is 10.1. The Morgan fingerprint density at radius 2 is 2.09 bits per heavy atom. The van der Waals surface area contributed by atoms with Crippen LogP contribution in [0.3, 0.4) is 0 Å². The predicted octanol–water partition coefficient (Wildman–Crippen LogP) is 1.10. The maximum absolute atomic E-state index is 12.5. The summed E-state index contributed by atoms with van der Waals surface area (Å²) in [6.07, 6.45) is 1.61. The van der Waals surface area contributed by atoms with Crippen molar-refractivity contribution in [1.82, 2.24) is 14.9 Å². The monoisotopic (exact) mass is 370 g/mol. The Morgan fingerprint density at radius 1 is 1.32 bits per heavy atom. The molecule has 2 heterocycles. The Kier molecular flexibility index (Phi) is 4.77. The number of non-ortho nitro benzene ring substituents is 1. The Bertz CT molecular complexity index is 823. The second kappa shape index (κ2) is 6.41. The number of piperidine rings is 1. The molecule has 0 spiro atoms. The van der Waals surface area contributed by atoms with E-state index in [0.717, 1.165) is 24.0 Å². The largest absolute Gasteiger partial charge is 0.329 e. The number of benzene rings is 1. The molecule has 8 nitrogen and oxygen atoms in total. The van der Waals surface area contributed by atoms with E-state index >= 15 is 0 Å². The van der Waals surface area contributed by atoms with Gasteiger partial charge in [0.1, 0.15) is 0 Å².